The summed E-state index contributed by atoms with van der Waals surface area (Å²) in [6.07, 6.45) is 8.31. The average Bonchev–Trinajstić information content (AvgIpc) is 2.67. The molecule has 1 aliphatic carbocycles. The molecule has 0 N–H and O–H groups in total. The van der Waals surface area contributed by atoms with Gasteiger partial charge >= 0.3 is 8.80 Å². The summed E-state index contributed by atoms with van der Waals surface area (Å²) in [6.45, 7) is 0. The second-order valence-electron chi connectivity index (χ2n) is 2.93. The van der Waals surface area contributed by atoms with E-state index < -0.39 is 8.80 Å². The molecule has 0 spiro atoms. The van der Waals surface area contributed by atoms with Gasteiger partial charge in [-0.15, -0.1) is 0 Å². The van der Waals surface area contributed by atoms with Gasteiger partial charge in [0.15, 0.2) is 0 Å². The fraction of sp³-hybridized carbons (Fsp3) is 0.556. The Hall–Kier alpha value is -0.423. The van der Waals surface area contributed by atoms with Crippen LogP contribution in [-0.4, -0.2) is 30.1 Å². The molecule has 0 amide bonds. The van der Waals surface area contributed by atoms with E-state index in [0.717, 1.165) is 6.04 Å². The summed E-state index contributed by atoms with van der Waals surface area (Å²) >= 11 is 0. The maximum atomic E-state index is 5.32. The Kier molecular flexibility index (Phi) is 3.86. The predicted molar refractivity (Wildman–Crippen MR) is 53.4 cm³/mol. The van der Waals surface area contributed by atoms with Crippen molar-refractivity contribution in [2.45, 2.75) is 6.04 Å². The molecule has 4 heteroatoms. The van der Waals surface area contributed by atoms with Crippen molar-refractivity contribution in [3.63, 3.8) is 0 Å². The number of rotatable bonds is 5. The maximum absolute atomic E-state index is 5.32. The summed E-state index contributed by atoms with van der Waals surface area (Å²) in [5.74, 6) is 0.395. The smallest absolute Gasteiger partial charge is 0.377 e. The summed E-state index contributed by atoms with van der Waals surface area (Å²) in [6, 6.07) is 0.809. The summed E-state index contributed by atoms with van der Waals surface area (Å²) in [7, 11) is 2.54. The molecule has 0 saturated carbocycles. The number of hydrogen-bond donors (Lipinski definition) is 0. The third-order valence-electron chi connectivity index (χ3n) is 2.25. The molecule has 0 aliphatic heterocycles. The Morgan fingerprint density at radius 2 is 1.46 bits per heavy atom. The van der Waals surface area contributed by atoms with E-state index in [9.17, 15) is 0 Å². The quantitative estimate of drug-likeness (QED) is 0.631. The van der Waals surface area contributed by atoms with Crippen molar-refractivity contribution < 1.29 is 13.3 Å². The molecule has 13 heavy (non-hydrogen) atoms. The first kappa shape index (κ1) is 10.7. The van der Waals surface area contributed by atoms with E-state index in [0.29, 0.717) is 5.92 Å². The molecule has 0 aromatic rings. The van der Waals surface area contributed by atoms with E-state index in [1.807, 2.05) is 12.2 Å². The Morgan fingerprint density at radius 3 is 1.85 bits per heavy atom. The van der Waals surface area contributed by atoms with Crippen LogP contribution in [0.25, 0.3) is 0 Å². The van der Waals surface area contributed by atoms with Gasteiger partial charge in [0.2, 0.25) is 0 Å². The van der Waals surface area contributed by atoms with E-state index in [2.05, 4.69) is 12.2 Å². The molecule has 1 rings (SSSR count). The molecule has 0 heterocycles. The summed E-state index contributed by atoms with van der Waals surface area (Å²) < 4.78 is 16.0. The van der Waals surface area contributed by atoms with Gasteiger partial charge in [-0.05, 0) is 5.92 Å². The second-order valence-corrected chi connectivity index (χ2v) is 5.93. The van der Waals surface area contributed by atoms with Crippen molar-refractivity contribution in [1.29, 1.82) is 0 Å². The van der Waals surface area contributed by atoms with Gasteiger partial charge in [-0.25, -0.2) is 0 Å². The summed E-state index contributed by atoms with van der Waals surface area (Å²) in [5.41, 5.74) is 0. The van der Waals surface area contributed by atoms with Crippen LogP contribution in [0.15, 0.2) is 24.3 Å². The highest BCUT2D eigenvalue weighted by molar-refractivity contribution is 6.60. The molecule has 0 bridgehead atoms. The highest BCUT2D eigenvalue weighted by Crippen LogP contribution is 2.23. The molecule has 0 unspecified atom stereocenters. The molecular weight excluding hydrogens is 184 g/mol. The van der Waals surface area contributed by atoms with Gasteiger partial charge in [-0.1, -0.05) is 24.3 Å². The van der Waals surface area contributed by atoms with E-state index in [4.69, 9.17) is 13.3 Å². The fourth-order valence-electron chi connectivity index (χ4n) is 1.40. The first-order valence-corrected chi connectivity index (χ1v) is 6.20. The van der Waals surface area contributed by atoms with Gasteiger partial charge < -0.3 is 13.3 Å². The Bertz CT molecular complexity index is 189. The van der Waals surface area contributed by atoms with Gasteiger partial charge in [-0.2, -0.15) is 0 Å². The van der Waals surface area contributed by atoms with E-state index in [-0.39, 0.29) is 0 Å². The lowest BCUT2D eigenvalue weighted by molar-refractivity contribution is 0.122. The van der Waals surface area contributed by atoms with Crippen LogP contribution in [-0.2, 0) is 13.3 Å². The van der Waals surface area contributed by atoms with Crippen molar-refractivity contribution >= 4 is 8.80 Å². The maximum Gasteiger partial charge on any atom is 0.501 e. The fourth-order valence-corrected chi connectivity index (χ4v) is 3.25. The van der Waals surface area contributed by atoms with Crippen molar-refractivity contribution in [1.82, 2.24) is 0 Å². The topological polar surface area (TPSA) is 27.7 Å². The van der Waals surface area contributed by atoms with Crippen LogP contribution in [0.3, 0.4) is 0 Å². The molecule has 0 aromatic heterocycles. The Labute approximate surface area is 80.4 Å². The lowest BCUT2D eigenvalue weighted by atomic mass is 10.2. The van der Waals surface area contributed by atoms with Crippen LogP contribution >= 0.6 is 0 Å². The third kappa shape index (κ3) is 2.51. The van der Waals surface area contributed by atoms with Crippen molar-refractivity contribution in [3.8, 4) is 0 Å². The first-order valence-electron chi connectivity index (χ1n) is 4.27. The normalized spacial score (nSPS) is 17.2. The third-order valence-corrected chi connectivity index (χ3v) is 5.08. The first-order chi connectivity index (χ1) is 6.26. The zero-order valence-electron chi connectivity index (χ0n) is 8.32. The lowest BCUT2D eigenvalue weighted by Gasteiger charge is -2.25. The van der Waals surface area contributed by atoms with Crippen LogP contribution in [0.5, 0.6) is 0 Å². The molecule has 0 radical (unpaired) electrons. The molecule has 0 saturated heterocycles. The monoisotopic (exact) mass is 200 g/mol. The average molecular weight is 200 g/mol. The minimum Gasteiger partial charge on any atom is -0.377 e. The zero-order chi connectivity index (χ0) is 9.73. The van der Waals surface area contributed by atoms with Gasteiger partial charge in [-0.3, -0.25) is 0 Å². The van der Waals surface area contributed by atoms with E-state index in [1.54, 1.807) is 21.3 Å². The Balaban J connectivity index is 2.55. The molecule has 1 aliphatic rings. The van der Waals surface area contributed by atoms with Crippen molar-refractivity contribution in [3.05, 3.63) is 24.3 Å². The number of hydrogen-bond acceptors (Lipinski definition) is 3. The highest BCUT2D eigenvalue weighted by Gasteiger charge is 2.39. The van der Waals surface area contributed by atoms with Crippen molar-refractivity contribution in [2.24, 2.45) is 5.92 Å². The molecule has 0 atom stereocenters. The minimum absolute atomic E-state index is 0.395. The highest BCUT2D eigenvalue weighted by atomic mass is 28.4. The molecule has 0 aromatic carbocycles. The van der Waals surface area contributed by atoms with Crippen LogP contribution < -0.4 is 0 Å². The van der Waals surface area contributed by atoms with Crippen LogP contribution in [0.1, 0.15) is 0 Å². The van der Waals surface area contributed by atoms with E-state index >= 15 is 0 Å². The van der Waals surface area contributed by atoms with Crippen molar-refractivity contribution in [2.75, 3.05) is 21.3 Å². The van der Waals surface area contributed by atoms with Gasteiger partial charge in [0.05, 0.1) is 0 Å². The molecule has 0 fully saturated rings. The van der Waals surface area contributed by atoms with Gasteiger partial charge in [0.25, 0.3) is 0 Å². The number of allylic oxidation sites excluding steroid dienone is 4. The molecule has 74 valence electrons. The summed E-state index contributed by atoms with van der Waals surface area (Å²) in [4.78, 5) is 0. The van der Waals surface area contributed by atoms with Crippen LogP contribution in [0.4, 0.5) is 0 Å². The predicted octanol–water partition coefficient (Wildman–Crippen LogP) is 1.61. The second kappa shape index (κ2) is 4.71. The van der Waals surface area contributed by atoms with Crippen LogP contribution in [0, 0.1) is 5.92 Å². The minimum atomic E-state index is -2.38. The molecule has 3 nitrogen and oxygen atoms in total. The van der Waals surface area contributed by atoms with Crippen LogP contribution in [0.2, 0.25) is 6.04 Å². The lowest BCUT2D eigenvalue weighted by Crippen LogP contribution is -2.43. The molecular formula is C9H16O3Si. The Morgan fingerprint density at radius 1 is 1.00 bits per heavy atom. The largest absolute Gasteiger partial charge is 0.501 e. The zero-order valence-corrected chi connectivity index (χ0v) is 9.32. The summed E-state index contributed by atoms with van der Waals surface area (Å²) in [5, 5.41) is 0. The van der Waals surface area contributed by atoms with Gasteiger partial charge in [0.1, 0.15) is 0 Å². The standard InChI is InChI=1S/C9H16O3Si/c1-10-13(11-2,12-3)8-9-6-4-5-7-9/h4-7,9H,8H2,1-3H3. The van der Waals surface area contributed by atoms with E-state index in [1.165, 1.54) is 0 Å². The van der Waals surface area contributed by atoms with Gasteiger partial charge in [0, 0.05) is 27.4 Å². The SMILES string of the molecule is CO[Si](CC1C=CC=C1)(OC)OC.